The molecule has 3 unspecified atom stereocenters. The Balaban J connectivity index is 1.18. The first-order valence-corrected chi connectivity index (χ1v) is 15.7. The van der Waals surface area contributed by atoms with Crippen LogP contribution in [0.5, 0.6) is 0 Å². The first-order valence-electron chi connectivity index (χ1n) is 15.3. The number of rotatable bonds is 5. The number of likely N-dealkylation sites (tertiary alicyclic amines) is 1. The van der Waals surface area contributed by atoms with Crippen LogP contribution in [0.2, 0.25) is 5.02 Å². The lowest BCUT2D eigenvalue weighted by atomic mass is 9.93. The van der Waals surface area contributed by atoms with Gasteiger partial charge in [0.15, 0.2) is 0 Å². The first-order chi connectivity index (χ1) is 20.7. The Morgan fingerprint density at radius 1 is 1.14 bits per heavy atom. The molecule has 0 bridgehead atoms. The quantitative estimate of drug-likeness (QED) is 0.361. The van der Waals surface area contributed by atoms with E-state index in [-0.39, 0.29) is 53.3 Å². The molecule has 2 saturated heterocycles. The summed E-state index contributed by atoms with van der Waals surface area (Å²) in [5.74, 6) is -0.634. The van der Waals surface area contributed by atoms with Crippen LogP contribution in [0.1, 0.15) is 64.2 Å². The van der Waals surface area contributed by atoms with Gasteiger partial charge in [-0.15, -0.1) is 0 Å². The summed E-state index contributed by atoms with van der Waals surface area (Å²) in [7, 11) is 0. The highest BCUT2D eigenvalue weighted by Gasteiger charge is 2.72. The highest BCUT2D eigenvalue weighted by atomic mass is 35.5. The molecule has 1 aromatic carbocycles. The molecule has 7 rings (SSSR count). The van der Waals surface area contributed by atoms with Crippen LogP contribution in [0.3, 0.4) is 0 Å². The van der Waals surface area contributed by atoms with E-state index in [1.807, 2.05) is 70.8 Å². The zero-order valence-corrected chi connectivity index (χ0v) is 26.8. The molecule has 0 N–H and O–H groups in total. The summed E-state index contributed by atoms with van der Waals surface area (Å²) < 4.78 is 13.9. The van der Waals surface area contributed by atoms with Crippen molar-refractivity contribution in [3.8, 4) is 11.3 Å². The van der Waals surface area contributed by atoms with Gasteiger partial charge in [-0.3, -0.25) is 19.4 Å². The molecular weight excluding hydrogens is 582 g/mol. The molecule has 3 aromatic rings. The predicted octanol–water partition coefficient (Wildman–Crippen LogP) is 5.21. The van der Waals surface area contributed by atoms with Crippen LogP contribution in [-0.2, 0) is 32.0 Å². The van der Waals surface area contributed by atoms with Crippen molar-refractivity contribution in [1.29, 1.82) is 0 Å². The second-order valence-electron chi connectivity index (χ2n) is 14.5. The molecule has 10 nitrogen and oxygen atoms in total. The van der Waals surface area contributed by atoms with E-state index in [2.05, 4.69) is 10.1 Å². The van der Waals surface area contributed by atoms with E-state index in [0.29, 0.717) is 30.3 Å². The van der Waals surface area contributed by atoms with Crippen molar-refractivity contribution in [3.05, 3.63) is 52.4 Å². The van der Waals surface area contributed by atoms with Gasteiger partial charge >= 0.3 is 6.09 Å². The Bertz CT molecular complexity index is 1700. The summed E-state index contributed by atoms with van der Waals surface area (Å²) in [4.78, 5) is 47.1. The van der Waals surface area contributed by atoms with Gasteiger partial charge in [-0.1, -0.05) is 25.4 Å². The second-order valence-corrected chi connectivity index (χ2v) is 15.0. The van der Waals surface area contributed by atoms with Crippen LogP contribution in [0.4, 0.5) is 4.79 Å². The first kappa shape index (κ1) is 29.2. The maximum atomic E-state index is 13.2. The lowest BCUT2D eigenvalue weighted by molar-refractivity contribution is -0.143. The van der Waals surface area contributed by atoms with Gasteiger partial charge < -0.3 is 9.47 Å². The number of carbonyl (C=O) groups excluding carboxylic acids is 3. The molecule has 3 amide bonds. The highest BCUT2D eigenvalue weighted by molar-refractivity contribution is 6.31. The van der Waals surface area contributed by atoms with Crippen LogP contribution in [0.15, 0.2) is 30.7 Å². The average molecular weight is 620 g/mol. The van der Waals surface area contributed by atoms with Crippen molar-refractivity contribution in [2.24, 2.45) is 17.3 Å². The number of hydrogen-bond donors (Lipinski definition) is 0. The third-order valence-corrected chi connectivity index (χ3v) is 10.0. The highest BCUT2D eigenvalue weighted by Crippen LogP contribution is 2.63. The predicted molar refractivity (Wildman–Crippen MR) is 163 cm³/mol. The molecule has 0 radical (unpaired) electrons. The minimum atomic E-state index is -0.582. The third-order valence-electron chi connectivity index (χ3n) is 9.81. The van der Waals surface area contributed by atoms with Crippen LogP contribution >= 0.6 is 11.6 Å². The molecule has 232 valence electrons. The number of aromatic nitrogens is 3. The third kappa shape index (κ3) is 4.77. The molecule has 1 spiro atoms. The lowest BCUT2D eigenvalue weighted by Gasteiger charge is -2.41. The maximum Gasteiger partial charge on any atom is 0.410 e. The fourth-order valence-electron chi connectivity index (χ4n) is 7.17. The van der Waals surface area contributed by atoms with Crippen LogP contribution < -0.4 is 0 Å². The summed E-state index contributed by atoms with van der Waals surface area (Å²) in [6.07, 6.45) is 5.16. The smallest absolute Gasteiger partial charge is 0.410 e. The number of carbonyl (C=O) groups is 3. The fraction of sp³-hybridized carbons (Fsp3) is 0.545. The number of morpholine rings is 1. The number of nitrogens with zero attached hydrogens (tertiary/aromatic N) is 5. The SMILES string of the molecule is Cc1cc(Cl)cc(-c2ncnn3cc(CN4C(=O)C5C(C4=O)C5(C)C)cc23)c1CC1CN(C(=O)OC(C)(C)C)C2(CC2)CO1. The van der Waals surface area contributed by atoms with Crippen LogP contribution in [-0.4, -0.2) is 72.7 Å². The Labute approximate surface area is 261 Å². The summed E-state index contributed by atoms with van der Waals surface area (Å²) >= 11 is 6.60. The average Bonchev–Trinajstić information content (AvgIpc) is 3.72. The fourth-order valence-corrected chi connectivity index (χ4v) is 7.44. The topological polar surface area (TPSA) is 106 Å². The number of halogens is 1. The van der Waals surface area contributed by atoms with Crippen LogP contribution in [0.25, 0.3) is 16.8 Å². The summed E-state index contributed by atoms with van der Waals surface area (Å²) in [5, 5.41) is 5.00. The van der Waals surface area contributed by atoms with E-state index in [1.165, 1.54) is 11.2 Å². The van der Waals surface area contributed by atoms with Crippen molar-refractivity contribution in [1.82, 2.24) is 24.4 Å². The zero-order chi connectivity index (χ0) is 31.3. The van der Waals surface area contributed by atoms with E-state index in [0.717, 1.165) is 40.6 Å². The standard InChI is InChI=1S/C33H38ClN5O5/c1-18-9-20(34)11-23(22(18)12-21-15-38(30(42)44-31(2,3)4)33(7-8-33)16-43-21)27-24-10-19(14-39(24)36-17-35-27)13-37-28(40)25-26(29(37)41)32(25,5)6/h9-11,14,17,21,25-26H,7-8,12-13,15-16H2,1-6H3. The van der Waals surface area contributed by atoms with Gasteiger partial charge in [0.25, 0.3) is 0 Å². The molecular formula is C33H38ClN5O5. The Hall–Kier alpha value is -3.50. The number of imide groups is 1. The van der Waals surface area contributed by atoms with Gasteiger partial charge in [0.1, 0.15) is 11.9 Å². The van der Waals surface area contributed by atoms with E-state index < -0.39 is 5.60 Å². The Kier molecular flexibility index (Phi) is 6.47. The number of fused-ring (bicyclic) bond motifs is 2. The second kappa shape index (κ2) is 9.75. The van der Waals surface area contributed by atoms with Crippen molar-refractivity contribution in [3.63, 3.8) is 0 Å². The molecule has 11 heteroatoms. The normalized spacial score (nSPS) is 25.1. The van der Waals surface area contributed by atoms with Crippen molar-refractivity contribution in [2.45, 2.75) is 84.6 Å². The molecule has 2 aliphatic carbocycles. The monoisotopic (exact) mass is 619 g/mol. The van der Waals surface area contributed by atoms with Gasteiger partial charge in [-0.05, 0) is 80.8 Å². The number of benzene rings is 1. The summed E-state index contributed by atoms with van der Waals surface area (Å²) in [6.45, 7) is 12.7. The molecule has 4 heterocycles. The minimum absolute atomic E-state index is 0.0970. The van der Waals surface area contributed by atoms with Gasteiger partial charge in [-0.2, -0.15) is 5.10 Å². The number of amides is 3. The molecule has 4 fully saturated rings. The van der Waals surface area contributed by atoms with Crippen molar-refractivity contribution in [2.75, 3.05) is 13.2 Å². The molecule has 2 saturated carbocycles. The number of aryl methyl sites for hydroxylation is 1. The van der Waals surface area contributed by atoms with Gasteiger partial charge in [-0.25, -0.2) is 14.3 Å². The number of ether oxygens (including phenoxy) is 2. The maximum absolute atomic E-state index is 13.2. The van der Waals surface area contributed by atoms with Gasteiger partial charge in [0.2, 0.25) is 11.8 Å². The Morgan fingerprint density at radius 2 is 1.84 bits per heavy atom. The van der Waals surface area contributed by atoms with E-state index in [1.54, 1.807) is 4.52 Å². The minimum Gasteiger partial charge on any atom is -0.444 e. The largest absolute Gasteiger partial charge is 0.444 e. The van der Waals surface area contributed by atoms with E-state index in [9.17, 15) is 14.4 Å². The lowest BCUT2D eigenvalue weighted by Crippen LogP contribution is -2.55. The molecule has 2 aliphatic heterocycles. The zero-order valence-electron chi connectivity index (χ0n) is 26.0. The Morgan fingerprint density at radius 3 is 2.50 bits per heavy atom. The van der Waals surface area contributed by atoms with Crippen molar-refractivity contribution >= 4 is 35.0 Å². The molecule has 2 aromatic heterocycles. The van der Waals surface area contributed by atoms with E-state index >= 15 is 0 Å². The molecule has 3 atom stereocenters. The van der Waals surface area contributed by atoms with Crippen molar-refractivity contribution < 1.29 is 23.9 Å². The van der Waals surface area contributed by atoms with Gasteiger partial charge in [0, 0.05) is 23.2 Å². The van der Waals surface area contributed by atoms with Gasteiger partial charge in [0.05, 0.1) is 54.4 Å². The summed E-state index contributed by atoms with van der Waals surface area (Å²) in [6, 6.07) is 5.76. The van der Waals surface area contributed by atoms with Crippen LogP contribution in [0, 0.1) is 24.2 Å². The summed E-state index contributed by atoms with van der Waals surface area (Å²) in [5.41, 5.74) is 3.99. The number of hydrogen-bond acceptors (Lipinski definition) is 7. The molecule has 44 heavy (non-hydrogen) atoms. The number of piperidine rings is 1. The molecule has 4 aliphatic rings. The van der Waals surface area contributed by atoms with E-state index in [4.69, 9.17) is 21.1 Å².